The molecular formula is C15H27NO4. The maximum absolute atomic E-state index is 9.96. The molecule has 0 aromatic rings. The monoisotopic (exact) mass is 285 g/mol. The third-order valence-electron chi connectivity index (χ3n) is 4.93. The first kappa shape index (κ1) is 15.9. The Morgan fingerprint density at radius 1 is 1.05 bits per heavy atom. The van der Waals surface area contributed by atoms with Crippen LogP contribution in [0.5, 0.6) is 0 Å². The molecule has 1 aliphatic carbocycles. The summed E-state index contributed by atoms with van der Waals surface area (Å²) < 4.78 is 0. The van der Waals surface area contributed by atoms with Gasteiger partial charge in [0.15, 0.2) is 0 Å². The van der Waals surface area contributed by atoms with Gasteiger partial charge in [-0.05, 0) is 37.5 Å². The van der Waals surface area contributed by atoms with Crippen molar-refractivity contribution < 1.29 is 20.4 Å². The molecule has 4 N–H and O–H groups in total. The molecule has 5 heteroatoms. The van der Waals surface area contributed by atoms with E-state index in [0.717, 1.165) is 32.2 Å². The average Bonchev–Trinajstić information content (AvgIpc) is 2.46. The molecule has 0 aromatic heterocycles. The number of allylic oxidation sites excluding steroid dienone is 1. The van der Waals surface area contributed by atoms with Crippen molar-refractivity contribution >= 4 is 0 Å². The van der Waals surface area contributed by atoms with Crippen molar-refractivity contribution in [3.05, 3.63) is 12.7 Å². The predicted octanol–water partition coefficient (Wildman–Crippen LogP) is -0.262. The van der Waals surface area contributed by atoms with Crippen molar-refractivity contribution in [3.63, 3.8) is 0 Å². The summed E-state index contributed by atoms with van der Waals surface area (Å²) in [5.74, 6) is 1.13. The van der Waals surface area contributed by atoms with Gasteiger partial charge in [0.2, 0.25) is 0 Å². The number of hydrogen-bond acceptors (Lipinski definition) is 5. The van der Waals surface area contributed by atoms with E-state index in [2.05, 4.69) is 6.58 Å². The third kappa shape index (κ3) is 3.40. The summed E-state index contributed by atoms with van der Waals surface area (Å²) in [6.45, 7) is 4.71. The highest BCUT2D eigenvalue weighted by atomic mass is 16.4. The topological polar surface area (TPSA) is 84.2 Å². The summed E-state index contributed by atoms with van der Waals surface area (Å²) in [4.78, 5) is 1.93. The second-order valence-electron chi connectivity index (χ2n) is 6.27. The molecule has 2 fully saturated rings. The van der Waals surface area contributed by atoms with Crippen LogP contribution in [-0.2, 0) is 0 Å². The van der Waals surface area contributed by atoms with Crippen molar-refractivity contribution in [2.45, 2.75) is 50.0 Å². The summed E-state index contributed by atoms with van der Waals surface area (Å²) >= 11 is 0. The molecule has 0 aromatic carbocycles. The number of likely N-dealkylation sites (tertiary alicyclic amines) is 1. The molecule has 0 bridgehead atoms. The minimum absolute atomic E-state index is 0.201. The Balaban J connectivity index is 1.92. The number of aliphatic hydroxyl groups is 4. The van der Waals surface area contributed by atoms with Crippen molar-refractivity contribution in [1.82, 2.24) is 4.90 Å². The number of rotatable bonds is 4. The Bertz CT molecular complexity index is 317. The number of aliphatic hydroxyl groups excluding tert-OH is 4. The second kappa shape index (κ2) is 7.00. The van der Waals surface area contributed by atoms with E-state index in [9.17, 15) is 20.4 Å². The third-order valence-corrected chi connectivity index (χ3v) is 4.93. The van der Waals surface area contributed by atoms with E-state index in [4.69, 9.17) is 0 Å². The summed E-state index contributed by atoms with van der Waals surface area (Å²) in [5, 5.41) is 38.9. The quantitative estimate of drug-likeness (QED) is 0.535. The normalized spacial score (nSPS) is 43.4. The van der Waals surface area contributed by atoms with Crippen LogP contribution in [0, 0.1) is 11.8 Å². The van der Waals surface area contributed by atoms with E-state index in [1.807, 2.05) is 11.0 Å². The molecule has 1 unspecified atom stereocenters. The maximum atomic E-state index is 9.96. The van der Waals surface area contributed by atoms with Crippen molar-refractivity contribution in [2.24, 2.45) is 11.8 Å². The first-order chi connectivity index (χ1) is 9.56. The highest BCUT2D eigenvalue weighted by molar-refractivity contribution is 4.95. The lowest BCUT2D eigenvalue weighted by atomic mass is 9.81. The molecule has 5 nitrogen and oxygen atoms in total. The van der Waals surface area contributed by atoms with Gasteiger partial charge in [-0.2, -0.15) is 0 Å². The SMILES string of the molecule is C=CC1CCC(CN2CC(O)[C@@H](O)[C@H](O)[C@@H]2CO)CC1. The highest BCUT2D eigenvalue weighted by Crippen LogP contribution is 2.31. The lowest BCUT2D eigenvalue weighted by Crippen LogP contribution is -2.63. The molecule has 4 atom stereocenters. The number of hydrogen-bond donors (Lipinski definition) is 4. The van der Waals surface area contributed by atoms with Crippen LogP contribution < -0.4 is 0 Å². The molecule has 1 saturated heterocycles. The first-order valence-corrected chi connectivity index (χ1v) is 7.58. The summed E-state index contributed by atoms with van der Waals surface area (Å²) in [5.41, 5.74) is 0. The van der Waals surface area contributed by atoms with E-state index < -0.39 is 24.4 Å². The van der Waals surface area contributed by atoms with Gasteiger partial charge in [0.05, 0.1) is 18.8 Å². The highest BCUT2D eigenvalue weighted by Gasteiger charge is 2.41. The van der Waals surface area contributed by atoms with Crippen LogP contribution in [-0.4, -0.2) is 69.4 Å². The van der Waals surface area contributed by atoms with Gasteiger partial charge >= 0.3 is 0 Å². The zero-order valence-corrected chi connectivity index (χ0v) is 11.9. The molecule has 0 radical (unpaired) electrons. The number of β-amino-alcohol motifs (C(OH)–C–C–N with tert-alkyl or cyclic N) is 1. The zero-order valence-electron chi connectivity index (χ0n) is 11.9. The number of piperidine rings is 1. The van der Waals surface area contributed by atoms with Gasteiger partial charge in [-0.1, -0.05) is 6.08 Å². The van der Waals surface area contributed by atoms with Gasteiger partial charge in [0.25, 0.3) is 0 Å². The van der Waals surface area contributed by atoms with Crippen molar-refractivity contribution in [1.29, 1.82) is 0 Å². The molecule has 1 aliphatic heterocycles. The maximum Gasteiger partial charge on any atom is 0.109 e. The lowest BCUT2D eigenvalue weighted by Gasteiger charge is -2.45. The zero-order chi connectivity index (χ0) is 14.7. The Labute approximate surface area is 120 Å². The van der Waals surface area contributed by atoms with Crippen LogP contribution in [0.15, 0.2) is 12.7 Å². The van der Waals surface area contributed by atoms with Gasteiger partial charge in [0, 0.05) is 13.1 Å². The predicted molar refractivity (Wildman–Crippen MR) is 76.1 cm³/mol. The summed E-state index contributed by atoms with van der Waals surface area (Å²) in [7, 11) is 0. The fraction of sp³-hybridized carbons (Fsp3) is 0.867. The molecule has 116 valence electrons. The van der Waals surface area contributed by atoms with Crippen LogP contribution in [0.3, 0.4) is 0 Å². The standard InChI is InChI=1S/C15H27NO4/c1-2-10-3-5-11(6-4-10)7-16-8-13(18)15(20)14(19)12(16)9-17/h2,10-15,17-20H,1,3-9H2/t10?,11?,12-,13?,14+,15+/m0/s1. The largest absolute Gasteiger partial charge is 0.395 e. The minimum atomic E-state index is -1.17. The van der Waals surface area contributed by atoms with E-state index in [1.54, 1.807) is 0 Å². The van der Waals surface area contributed by atoms with E-state index in [1.165, 1.54) is 0 Å². The molecule has 1 saturated carbocycles. The van der Waals surface area contributed by atoms with Gasteiger partial charge in [-0.3, -0.25) is 4.90 Å². The van der Waals surface area contributed by atoms with Gasteiger partial charge in [-0.15, -0.1) is 6.58 Å². The Hall–Kier alpha value is -0.460. The fourth-order valence-corrected chi connectivity index (χ4v) is 3.53. The van der Waals surface area contributed by atoms with Crippen molar-refractivity contribution in [3.8, 4) is 0 Å². The Kier molecular flexibility index (Phi) is 5.57. The van der Waals surface area contributed by atoms with Crippen molar-refractivity contribution in [2.75, 3.05) is 19.7 Å². The molecule has 0 spiro atoms. The second-order valence-corrected chi connectivity index (χ2v) is 6.27. The van der Waals surface area contributed by atoms with Gasteiger partial charge < -0.3 is 20.4 Å². The summed E-state index contributed by atoms with van der Waals surface area (Å²) in [6.07, 6.45) is 3.32. The molecule has 2 aliphatic rings. The summed E-state index contributed by atoms with van der Waals surface area (Å²) in [6, 6.07) is -0.481. The van der Waals surface area contributed by atoms with Gasteiger partial charge in [0.1, 0.15) is 12.2 Å². The van der Waals surface area contributed by atoms with Crippen LogP contribution in [0.1, 0.15) is 25.7 Å². The molecular weight excluding hydrogens is 258 g/mol. The van der Waals surface area contributed by atoms with Crippen LogP contribution in [0.4, 0.5) is 0 Å². The van der Waals surface area contributed by atoms with Gasteiger partial charge in [-0.25, -0.2) is 0 Å². The first-order valence-electron chi connectivity index (χ1n) is 7.58. The Morgan fingerprint density at radius 2 is 1.70 bits per heavy atom. The number of nitrogens with zero attached hydrogens (tertiary/aromatic N) is 1. The van der Waals surface area contributed by atoms with Crippen LogP contribution in [0.2, 0.25) is 0 Å². The molecule has 20 heavy (non-hydrogen) atoms. The van der Waals surface area contributed by atoms with E-state index in [-0.39, 0.29) is 6.61 Å². The lowest BCUT2D eigenvalue weighted by molar-refractivity contribution is -0.148. The smallest absolute Gasteiger partial charge is 0.109 e. The van der Waals surface area contributed by atoms with Crippen LogP contribution >= 0.6 is 0 Å². The van der Waals surface area contributed by atoms with E-state index >= 15 is 0 Å². The minimum Gasteiger partial charge on any atom is -0.395 e. The molecule has 0 amide bonds. The average molecular weight is 285 g/mol. The van der Waals surface area contributed by atoms with Crippen LogP contribution in [0.25, 0.3) is 0 Å². The molecule has 1 heterocycles. The fourth-order valence-electron chi connectivity index (χ4n) is 3.53. The van der Waals surface area contributed by atoms with E-state index in [0.29, 0.717) is 18.4 Å². The molecule has 2 rings (SSSR count). The Morgan fingerprint density at radius 3 is 2.25 bits per heavy atom.